The SMILES string of the molecule is CC1(C)c2ccccc2-c2cc3ccc4ccc5cc(N(c6ccccc6)c6cccc7oc8ccccc8c67)ccc5c4c3cc21. The first-order valence-corrected chi connectivity index (χ1v) is 16.4. The molecule has 2 heteroatoms. The quantitative estimate of drug-likeness (QED) is 0.187. The van der Waals surface area contributed by atoms with Crippen molar-refractivity contribution in [3.63, 3.8) is 0 Å². The highest BCUT2D eigenvalue weighted by molar-refractivity contribution is 6.21. The normalized spacial score (nSPS) is 13.5. The third-order valence-electron chi connectivity index (χ3n) is 10.4. The molecule has 0 bridgehead atoms. The van der Waals surface area contributed by atoms with Crippen molar-refractivity contribution in [1.82, 2.24) is 0 Å². The molecule has 1 aromatic heterocycles. The first kappa shape index (κ1) is 26.4. The third-order valence-corrected chi connectivity index (χ3v) is 10.4. The van der Waals surface area contributed by atoms with Crippen molar-refractivity contribution < 1.29 is 4.42 Å². The molecule has 0 N–H and O–H groups in total. The molecule has 0 saturated heterocycles. The van der Waals surface area contributed by atoms with Gasteiger partial charge in [-0.2, -0.15) is 0 Å². The number of para-hydroxylation sites is 2. The maximum Gasteiger partial charge on any atom is 0.137 e. The van der Waals surface area contributed by atoms with Crippen LogP contribution in [-0.2, 0) is 5.41 Å². The average molecular weight is 602 g/mol. The van der Waals surface area contributed by atoms with Gasteiger partial charge in [-0.3, -0.25) is 0 Å². The van der Waals surface area contributed by atoms with E-state index >= 15 is 0 Å². The molecule has 1 aliphatic carbocycles. The van der Waals surface area contributed by atoms with Crippen LogP contribution >= 0.6 is 0 Å². The summed E-state index contributed by atoms with van der Waals surface area (Å²) in [6.45, 7) is 4.72. The van der Waals surface area contributed by atoms with Crippen molar-refractivity contribution in [2.24, 2.45) is 0 Å². The van der Waals surface area contributed by atoms with E-state index in [0.29, 0.717) is 0 Å². The minimum Gasteiger partial charge on any atom is -0.456 e. The Morgan fingerprint density at radius 1 is 0.447 bits per heavy atom. The van der Waals surface area contributed by atoms with Gasteiger partial charge in [0.15, 0.2) is 0 Å². The van der Waals surface area contributed by atoms with Crippen molar-refractivity contribution in [3.05, 3.63) is 163 Å². The van der Waals surface area contributed by atoms with Gasteiger partial charge in [0.2, 0.25) is 0 Å². The largest absolute Gasteiger partial charge is 0.456 e. The Labute approximate surface area is 273 Å². The van der Waals surface area contributed by atoms with Gasteiger partial charge in [0.25, 0.3) is 0 Å². The number of furan rings is 1. The number of hydrogen-bond donors (Lipinski definition) is 0. The highest BCUT2D eigenvalue weighted by Gasteiger charge is 2.35. The molecule has 10 rings (SSSR count). The molecule has 8 aromatic carbocycles. The van der Waals surface area contributed by atoms with Crippen LogP contribution in [0.1, 0.15) is 25.0 Å². The summed E-state index contributed by atoms with van der Waals surface area (Å²) in [6, 6.07) is 55.2. The van der Waals surface area contributed by atoms with Gasteiger partial charge in [-0.15, -0.1) is 0 Å². The lowest BCUT2D eigenvalue weighted by Gasteiger charge is -2.26. The smallest absolute Gasteiger partial charge is 0.137 e. The van der Waals surface area contributed by atoms with Gasteiger partial charge in [-0.1, -0.05) is 111 Å². The van der Waals surface area contributed by atoms with E-state index in [0.717, 1.165) is 39.0 Å². The summed E-state index contributed by atoms with van der Waals surface area (Å²) in [4.78, 5) is 2.36. The molecule has 222 valence electrons. The Bertz CT molecular complexity index is 2720. The van der Waals surface area contributed by atoms with Gasteiger partial charge in [-0.05, 0) is 109 Å². The Morgan fingerprint density at radius 2 is 1.17 bits per heavy atom. The molecular weight excluding hydrogens is 571 g/mol. The maximum atomic E-state index is 6.31. The van der Waals surface area contributed by atoms with Crippen LogP contribution < -0.4 is 4.90 Å². The Balaban J connectivity index is 1.22. The number of benzene rings is 8. The van der Waals surface area contributed by atoms with Crippen molar-refractivity contribution in [2.75, 3.05) is 4.90 Å². The van der Waals surface area contributed by atoms with Gasteiger partial charge >= 0.3 is 0 Å². The lowest BCUT2D eigenvalue weighted by atomic mass is 9.81. The third kappa shape index (κ3) is 3.73. The Hall–Kier alpha value is -5.86. The molecule has 9 aromatic rings. The van der Waals surface area contributed by atoms with Gasteiger partial charge < -0.3 is 9.32 Å². The standard InChI is InChI=1S/C45H31NO/c1-45(2)38-15-8-6-13-34(38)37-26-30-22-20-28-19-21-29-25-32(23-24-33(29)43(28)36(30)27-39(37)45)46(31-11-4-3-5-12-31)40-16-10-18-42-44(40)35-14-7-9-17-41(35)47-42/h3-27H,1-2H3. The van der Waals surface area contributed by atoms with Crippen LogP contribution in [0.3, 0.4) is 0 Å². The van der Waals surface area contributed by atoms with Crippen LogP contribution in [0.4, 0.5) is 17.1 Å². The lowest BCUT2D eigenvalue weighted by molar-refractivity contribution is 0.661. The minimum atomic E-state index is -0.0471. The summed E-state index contributed by atoms with van der Waals surface area (Å²) in [5, 5.41) is 9.90. The molecule has 0 amide bonds. The van der Waals surface area contributed by atoms with Gasteiger partial charge in [0.1, 0.15) is 11.2 Å². The first-order chi connectivity index (χ1) is 23.1. The predicted octanol–water partition coefficient (Wildman–Crippen LogP) is 12.8. The molecule has 0 fully saturated rings. The molecule has 1 aliphatic rings. The zero-order chi connectivity index (χ0) is 31.3. The van der Waals surface area contributed by atoms with E-state index in [1.54, 1.807) is 0 Å². The lowest BCUT2D eigenvalue weighted by Crippen LogP contribution is -2.14. The Kier molecular flexibility index (Phi) is 5.37. The molecular formula is C45H31NO. The van der Waals surface area contributed by atoms with Gasteiger partial charge in [0, 0.05) is 22.2 Å². The monoisotopic (exact) mass is 601 g/mol. The second-order valence-corrected chi connectivity index (χ2v) is 13.3. The van der Waals surface area contributed by atoms with Gasteiger partial charge in [-0.25, -0.2) is 0 Å². The zero-order valence-electron chi connectivity index (χ0n) is 26.3. The molecule has 0 atom stereocenters. The number of anilines is 3. The van der Waals surface area contributed by atoms with E-state index in [1.165, 1.54) is 54.6 Å². The van der Waals surface area contributed by atoms with E-state index in [4.69, 9.17) is 4.42 Å². The second kappa shape index (κ2) is 9.57. The van der Waals surface area contributed by atoms with E-state index in [2.05, 4.69) is 158 Å². The predicted molar refractivity (Wildman–Crippen MR) is 198 cm³/mol. The average Bonchev–Trinajstić information content (AvgIpc) is 3.60. The first-order valence-electron chi connectivity index (χ1n) is 16.4. The number of nitrogens with zero attached hydrogens (tertiary/aromatic N) is 1. The summed E-state index contributed by atoms with van der Waals surface area (Å²) in [7, 11) is 0. The molecule has 0 aliphatic heterocycles. The van der Waals surface area contributed by atoms with E-state index in [9.17, 15) is 0 Å². The number of fused-ring (bicyclic) bond motifs is 11. The molecule has 0 spiro atoms. The van der Waals surface area contributed by atoms with Crippen molar-refractivity contribution in [2.45, 2.75) is 19.3 Å². The summed E-state index contributed by atoms with van der Waals surface area (Å²) in [6.07, 6.45) is 0. The van der Waals surface area contributed by atoms with Crippen LogP contribution in [-0.4, -0.2) is 0 Å². The minimum absolute atomic E-state index is 0.0471. The molecule has 47 heavy (non-hydrogen) atoms. The van der Waals surface area contributed by atoms with Crippen LogP contribution in [0, 0.1) is 0 Å². The van der Waals surface area contributed by atoms with Gasteiger partial charge in [0.05, 0.1) is 11.1 Å². The molecule has 0 unspecified atom stereocenters. The topological polar surface area (TPSA) is 16.4 Å². The number of rotatable bonds is 3. The summed E-state index contributed by atoms with van der Waals surface area (Å²) in [5.74, 6) is 0. The fourth-order valence-corrected chi connectivity index (χ4v) is 8.16. The molecule has 2 nitrogen and oxygen atoms in total. The fraction of sp³-hybridized carbons (Fsp3) is 0.0667. The summed E-state index contributed by atoms with van der Waals surface area (Å²) in [5.41, 5.74) is 10.6. The highest BCUT2D eigenvalue weighted by Crippen LogP contribution is 2.51. The summed E-state index contributed by atoms with van der Waals surface area (Å²) >= 11 is 0. The van der Waals surface area contributed by atoms with Crippen LogP contribution in [0.15, 0.2) is 156 Å². The van der Waals surface area contributed by atoms with Crippen LogP contribution in [0.5, 0.6) is 0 Å². The van der Waals surface area contributed by atoms with Crippen LogP contribution in [0.2, 0.25) is 0 Å². The second-order valence-electron chi connectivity index (χ2n) is 13.3. The van der Waals surface area contributed by atoms with E-state index in [1.807, 2.05) is 12.1 Å². The maximum absolute atomic E-state index is 6.31. The summed E-state index contributed by atoms with van der Waals surface area (Å²) < 4.78 is 6.31. The molecule has 1 heterocycles. The molecule has 0 saturated carbocycles. The molecule has 0 radical (unpaired) electrons. The fourth-order valence-electron chi connectivity index (χ4n) is 8.16. The highest BCUT2D eigenvalue weighted by atomic mass is 16.3. The number of hydrogen-bond acceptors (Lipinski definition) is 2. The van der Waals surface area contributed by atoms with E-state index < -0.39 is 0 Å². The Morgan fingerprint density at radius 3 is 2.04 bits per heavy atom. The van der Waals surface area contributed by atoms with E-state index in [-0.39, 0.29) is 5.41 Å². The van der Waals surface area contributed by atoms with Crippen molar-refractivity contribution >= 4 is 71.3 Å². The van der Waals surface area contributed by atoms with Crippen LogP contribution in [0.25, 0.3) is 65.4 Å². The van der Waals surface area contributed by atoms with Crippen molar-refractivity contribution in [1.29, 1.82) is 0 Å². The zero-order valence-corrected chi connectivity index (χ0v) is 26.3. The van der Waals surface area contributed by atoms with Crippen molar-refractivity contribution in [3.8, 4) is 11.1 Å².